The second kappa shape index (κ2) is 4.01. The zero-order chi connectivity index (χ0) is 11.0. The van der Waals surface area contributed by atoms with Crippen LogP contribution in [0.15, 0.2) is 24.4 Å². The number of anilines is 1. The van der Waals surface area contributed by atoms with Crippen molar-refractivity contribution in [3.05, 3.63) is 30.1 Å². The van der Waals surface area contributed by atoms with E-state index in [4.69, 9.17) is 5.73 Å². The minimum Gasteiger partial charge on any atom is -0.385 e. The summed E-state index contributed by atoms with van der Waals surface area (Å²) in [5, 5.41) is 0. The number of fused-ring (bicyclic) bond motifs is 1. The van der Waals surface area contributed by atoms with Crippen LogP contribution in [0.1, 0.15) is 24.5 Å². The average Bonchev–Trinajstić information content (AvgIpc) is 2.76. The van der Waals surface area contributed by atoms with Crippen molar-refractivity contribution in [2.45, 2.75) is 18.8 Å². The van der Waals surface area contributed by atoms with Gasteiger partial charge >= 0.3 is 0 Å². The van der Waals surface area contributed by atoms with E-state index in [9.17, 15) is 0 Å². The second-order valence-corrected chi connectivity index (χ2v) is 5.46. The molecule has 16 heavy (non-hydrogen) atoms. The van der Waals surface area contributed by atoms with E-state index < -0.39 is 0 Å². The summed E-state index contributed by atoms with van der Waals surface area (Å²) < 4.78 is 1.98. The molecule has 0 spiro atoms. The molecule has 1 aliphatic heterocycles. The largest absolute Gasteiger partial charge is 0.385 e. The van der Waals surface area contributed by atoms with E-state index in [1.54, 1.807) is 0 Å². The Morgan fingerprint density at radius 1 is 1.31 bits per heavy atom. The van der Waals surface area contributed by atoms with Crippen molar-refractivity contribution in [1.29, 1.82) is 0 Å². The van der Waals surface area contributed by atoms with E-state index in [0.717, 1.165) is 11.5 Å². The van der Waals surface area contributed by atoms with Crippen molar-refractivity contribution >= 4 is 23.2 Å². The van der Waals surface area contributed by atoms with E-state index in [2.05, 4.69) is 11.2 Å². The molecule has 3 nitrogen and oxygen atoms in total. The lowest BCUT2D eigenvalue weighted by atomic mass is 10.00. The third-order valence-electron chi connectivity index (χ3n) is 3.18. The number of nitrogens with two attached hydrogens (primary N) is 1. The molecule has 84 valence electrons. The molecule has 1 saturated heterocycles. The van der Waals surface area contributed by atoms with Gasteiger partial charge in [-0.25, -0.2) is 4.98 Å². The predicted molar refractivity (Wildman–Crippen MR) is 68.9 cm³/mol. The molecule has 0 unspecified atom stereocenters. The molecule has 0 aromatic carbocycles. The number of rotatable bonds is 1. The first-order chi connectivity index (χ1) is 7.84. The maximum atomic E-state index is 5.92. The number of aromatic nitrogens is 2. The van der Waals surface area contributed by atoms with Crippen molar-refractivity contribution < 1.29 is 0 Å². The first-order valence-electron chi connectivity index (χ1n) is 5.66. The van der Waals surface area contributed by atoms with Crippen molar-refractivity contribution in [1.82, 2.24) is 9.38 Å². The van der Waals surface area contributed by atoms with Crippen LogP contribution in [0.4, 0.5) is 5.82 Å². The van der Waals surface area contributed by atoms with E-state index >= 15 is 0 Å². The standard InChI is InChI=1S/C12H15N3S/c13-11-2-1-3-12-14-10(8-15(11)12)9-4-6-16-7-5-9/h1-3,8-9H,4-7,13H2. The fraction of sp³-hybridized carbons (Fsp3) is 0.417. The van der Waals surface area contributed by atoms with Gasteiger partial charge in [0.2, 0.25) is 0 Å². The Labute approximate surface area is 99.1 Å². The van der Waals surface area contributed by atoms with Crippen LogP contribution in [0, 0.1) is 0 Å². The first kappa shape index (κ1) is 10.0. The minimum atomic E-state index is 0.626. The van der Waals surface area contributed by atoms with Gasteiger partial charge in [-0.1, -0.05) is 6.07 Å². The fourth-order valence-corrected chi connectivity index (χ4v) is 3.35. The summed E-state index contributed by atoms with van der Waals surface area (Å²) in [5.41, 5.74) is 8.09. The first-order valence-corrected chi connectivity index (χ1v) is 6.81. The van der Waals surface area contributed by atoms with Crippen molar-refractivity contribution in [3.8, 4) is 0 Å². The third-order valence-corrected chi connectivity index (χ3v) is 4.23. The summed E-state index contributed by atoms with van der Waals surface area (Å²) >= 11 is 2.04. The van der Waals surface area contributed by atoms with Crippen LogP contribution in [0.25, 0.3) is 5.65 Å². The molecule has 0 amide bonds. The Kier molecular flexibility index (Phi) is 2.52. The molecule has 0 aliphatic carbocycles. The number of hydrogen-bond donors (Lipinski definition) is 1. The summed E-state index contributed by atoms with van der Waals surface area (Å²) in [6.45, 7) is 0. The highest BCUT2D eigenvalue weighted by Crippen LogP contribution is 2.31. The van der Waals surface area contributed by atoms with Gasteiger partial charge in [0.05, 0.1) is 5.69 Å². The van der Waals surface area contributed by atoms with Crippen LogP contribution in [-0.4, -0.2) is 20.9 Å². The summed E-state index contributed by atoms with van der Waals surface area (Å²) in [6, 6.07) is 5.88. The van der Waals surface area contributed by atoms with Crippen LogP contribution in [-0.2, 0) is 0 Å². The van der Waals surface area contributed by atoms with Crippen LogP contribution in [0.5, 0.6) is 0 Å². The molecular formula is C12H15N3S. The lowest BCUT2D eigenvalue weighted by molar-refractivity contribution is 0.623. The Morgan fingerprint density at radius 2 is 2.12 bits per heavy atom. The highest BCUT2D eigenvalue weighted by Gasteiger charge is 2.18. The predicted octanol–water partition coefficient (Wildman–Crippen LogP) is 2.53. The van der Waals surface area contributed by atoms with Crippen molar-refractivity contribution in [2.75, 3.05) is 17.2 Å². The average molecular weight is 233 g/mol. The molecule has 0 saturated carbocycles. The lowest BCUT2D eigenvalue weighted by Crippen LogP contribution is -2.07. The van der Waals surface area contributed by atoms with E-state index in [1.165, 1.54) is 30.0 Å². The molecule has 3 heterocycles. The highest BCUT2D eigenvalue weighted by atomic mass is 32.2. The SMILES string of the molecule is Nc1cccc2nc(C3CCSCC3)cn12. The maximum absolute atomic E-state index is 5.92. The van der Waals surface area contributed by atoms with Crippen molar-refractivity contribution in [3.63, 3.8) is 0 Å². The third kappa shape index (κ3) is 1.67. The quantitative estimate of drug-likeness (QED) is 0.823. The topological polar surface area (TPSA) is 43.3 Å². The highest BCUT2D eigenvalue weighted by molar-refractivity contribution is 7.99. The van der Waals surface area contributed by atoms with Gasteiger partial charge in [-0.05, 0) is 36.5 Å². The number of nitrogens with zero attached hydrogens (tertiary/aromatic N) is 2. The summed E-state index contributed by atoms with van der Waals surface area (Å²) in [7, 11) is 0. The Morgan fingerprint density at radius 3 is 2.88 bits per heavy atom. The second-order valence-electron chi connectivity index (χ2n) is 4.23. The maximum Gasteiger partial charge on any atom is 0.138 e. The van der Waals surface area contributed by atoms with E-state index in [1.807, 2.05) is 34.4 Å². The van der Waals surface area contributed by atoms with Gasteiger partial charge < -0.3 is 5.73 Å². The number of thioether (sulfide) groups is 1. The fourth-order valence-electron chi connectivity index (χ4n) is 2.24. The van der Waals surface area contributed by atoms with Crippen LogP contribution in [0.2, 0.25) is 0 Å². The van der Waals surface area contributed by atoms with Crippen LogP contribution in [0.3, 0.4) is 0 Å². The number of nitrogen functional groups attached to an aromatic ring is 1. The molecule has 2 N–H and O–H groups in total. The molecule has 1 fully saturated rings. The number of imidazole rings is 1. The molecular weight excluding hydrogens is 218 g/mol. The van der Waals surface area contributed by atoms with Crippen molar-refractivity contribution in [2.24, 2.45) is 0 Å². The summed E-state index contributed by atoms with van der Waals surface area (Å²) in [6.07, 6.45) is 4.59. The molecule has 1 aliphatic rings. The number of hydrogen-bond acceptors (Lipinski definition) is 3. The molecule has 4 heteroatoms. The monoisotopic (exact) mass is 233 g/mol. The zero-order valence-electron chi connectivity index (χ0n) is 9.10. The van der Waals surface area contributed by atoms with Gasteiger partial charge in [-0.15, -0.1) is 0 Å². The Hall–Kier alpha value is -1.16. The lowest BCUT2D eigenvalue weighted by Gasteiger charge is -2.18. The van der Waals surface area contributed by atoms with Gasteiger partial charge in [0.15, 0.2) is 0 Å². The van der Waals surface area contributed by atoms with Crippen LogP contribution >= 0.6 is 11.8 Å². The molecule has 0 radical (unpaired) electrons. The summed E-state index contributed by atoms with van der Waals surface area (Å²) in [5.74, 6) is 3.91. The van der Waals surface area contributed by atoms with Gasteiger partial charge in [0.25, 0.3) is 0 Å². The zero-order valence-corrected chi connectivity index (χ0v) is 9.91. The molecule has 0 atom stereocenters. The molecule has 2 aromatic heterocycles. The minimum absolute atomic E-state index is 0.626. The van der Waals surface area contributed by atoms with Gasteiger partial charge in [-0.2, -0.15) is 11.8 Å². The molecule has 0 bridgehead atoms. The van der Waals surface area contributed by atoms with Crippen LogP contribution < -0.4 is 5.73 Å². The van der Waals surface area contributed by atoms with E-state index in [-0.39, 0.29) is 0 Å². The van der Waals surface area contributed by atoms with Gasteiger partial charge in [-0.3, -0.25) is 4.40 Å². The smallest absolute Gasteiger partial charge is 0.138 e. The molecule has 3 rings (SSSR count). The Bertz CT molecular complexity index is 500. The van der Waals surface area contributed by atoms with Gasteiger partial charge in [0, 0.05) is 12.1 Å². The van der Waals surface area contributed by atoms with Gasteiger partial charge in [0.1, 0.15) is 11.5 Å². The number of pyridine rings is 1. The Balaban J connectivity index is 2.01. The summed E-state index contributed by atoms with van der Waals surface area (Å²) in [4.78, 5) is 4.67. The molecule has 2 aromatic rings. The van der Waals surface area contributed by atoms with E-state index in [0.29, 0.717) is 5.92 Å². The normalized spacial score (nSPS) is 18.0.